The fourth-order valence-electron chi connectivity index (χ4n) is 5.14. The number of carbonyl (C=O) groups is 1. The third-order valence-corrected chi connectivity index (χ3v) is 7.15. The SMILES string of the molecule is CCO[C@@H]1OC(C(=O)N2CCN(Cc3ccccc3)CC2)=C[C@H](c2ccc(C(F)(F)F)cc2)[C@H]1CCCO. The van der Waals surface area contributed by atoms with Crippen LogP contribution in [0.15, 0.2) is 66.4 Å². The first-order valence-electron chi connectivity index (χ1n) is 13.1. The summed E-state index contributed by atoms with van der Waals surface area (Å²) in [6.45, 7) is 5.50. The average molecular weight is 533 g/mol. The zero-order valence-electron chi connectivity index (χ0n) is 21.6. The van der Waals surface area contributed by atoms with E-state index >= 15 is 0 Å². The third kappa shape index (κ3) is 6.95. The number of aliphatic hydroxyl groups is 1. The maximum absolute atomic E-state index is 13.5. The summed E-state index contributed by atoms with van der Waals surface area (Å²) in [5, 5.41) is 9.43. The molecule has 206 valence electrons. The molecule has 9 heteroatoms. The fraction of sp³-hybridized carbons (Fsp3) is 0.483. The molecule has 0 unspecified atom stereocenters. The zero-order valence-corrected chi connectivity index (χ0v) is 21.6. The van der Waals surface area contributed by atoms with E-state index in [0.29, 0.717) is 38.1 Å². The molecule has 1 saturated heterocycles. The molecule has 3 atom stereocenters. The Bertz CT molecular complexity index is 1070. The molecule has 0 radical (unpaired) electrons. The molecule has 2 heterocycles. The molecule has 38 heavy (non-hydrogen) atoms. The summed E-state index contributed by atoms with van der Waals surface area (Å²) in [4.78, 5) is 17.6. The highest BCUT2D eigenvalue weighted by molar-refractivity contribution is 5.92. The minimum Gasteiger partial charge on any atom is -0.459 e. The van der Waals surface area contributed by atoms with E-state index in [2.05, 4.69) is 17.0 Å². The molecule has 4 rings (SSSR count). The van der Waals surface area contributed by atoms with Crippen molar-refractivity contribution < 1.29 is 32.5 Å². The molecule has 0 aliphatic carbocycles. The van der Waals surface area contributed by atoms with Crippen LogP contribution < -0.4 is 0 Å². The van der Waals surface area contributed by atoms with Gasteiger partial charge in [0.1, 0.15) is 0 Å². The van der Waals surface area contributed by atoms with Gasteiger partial charge in [-0.3, -0.25) is 9.69 Å². The molecule has 1 fully saturated rings. The Morgan fingerprint density at radius 1 is 1.05 bits per heavy atom. The van der Waals surface area contributed by atoms with Gasteiger partial charge in [-0.25, -0.2) is 0 Å². The van der Waals surface area contributed by atoms with Crippen molar-refractivity contribution in [1.29, 1.82) is 0 Å². The van der Waals surface area contributed by atoms with Crippen LogP contribution in [-0.4, -0.2) is 66.5 Å². The van der Waals surface area contributed by atoms with Crippen LogP contribution in [0, 0.1) is 5.92 Å². The lowest BCUT2D eigenvalue weighted by atomic mass is 9.80. The number of rotatable bonds is 9. The molecule has 0 aromatic heterocycles. The number of ether oxygens (including phenoxy) is 2. The van der Waals surface area contributed by atoms with E-state index in [-0.39, 0.29) is 24.2 Å². The van der Waals surface area contributed by atoms with E-state index in [1.807, 2.05) is 25.1 Å². The molecule has 1 N–H and O–H groups in total. The number of hydrogen-bond acceptors (Lipinski definition) is 5. The lowest BCUT2D eigenvalue weighted by molar-refractivity contribution is -0.171. The fourth-order valence-corrected chi connectivity index (χ4v) is 5.14. The molecule has 2 aliphatic heterocycles. The minimum absolute atomic E-state index is 0.0299. The molecular formula is C29H35F3N2O4. The number of aliphatic hydroxyl groups excluding tert-OH is 1. The third-order valence-electron chi connectivity index (χ3n) is 7.15. The monoisotopic (exact) mass is 532 g/mol. The Morgan fingerprint density at radius 3 is 2.34 bits per heavy atom. The number of benzene rings is 2. The minimum atomic E-state index is -4.43. The Balaban J connectivity index is 1.53. The molecule has 6 nitrogen and oxygen atoms in total. The molecular weight excluding hydrogens is 497 g/mol. The van der Waals surface area contributed by atoms with Gasteiger partial charge in [0.25, 0.3) is 5.91 Å². The van der Waals surface area contributed by atoms with Crippen LogP contribution in [0.25, 0.3) is 0 Å². The second kappa shape index (κ2) is 12.8. The number of nitrogens with zero attached hydrogens (tertiary/aromatic N) is 2. The Morgan fingerprint density at radius 2 is 1.74 bits per heavy atom. The largest absolute Gasteiger partial charge is 0.459 e. The molecule has 0 saturated carbocycles. The number of allylic oxidation sites excluding steroid dienone is 1. The van der Waals surface area contributed by atoms with Crippen molar-refractivity contribution in [2.45, 2.75) is 44.7 Å². The predicted octanol–water partition coefficient (Wildman–Crippen LogP) is 4.80. The van der Waals surface area contributed by atoms with E-state index in [4.69, 9.17) is 9.47 Å². The van der Waals surface area contributed by atoms with Crippen molar-refractivity contribution in [3.8, 4) is 0 Å². The van der Waals surface area contributed by atoms with Crippen LogP contribution >= 0.6 is 0 Å². The van der Waals surface area contributed by atoms with Gasteiger partial charge in [-0.15, -0.1) is 0 Å². The highest BCUT2D eigenvalue weighted by Gasteiger charge is 2.39. The van der Waals surface area contributed by atoms with Gasteiger partial charge in [0.15, 0.2) is 5.76 Å². The highest BCUT2D eigenvalue weighted by Crippen LogP contribution is 2.40. The van der Waals surface area contributed by atoms with Gasteiger partial charge in [0.05, 0.1) is 5.56 Å². The molecule has 0 bridgehead atoms. The molecule has 2 aromatic carbocycles. The first-order valence-corrected chi connectivity index (χ1v) is 13.1. The zero-order chi connectivity index (χ0) is 27.1. The van der Waals surface area contributed by atoms with Gasteiger partial charge in [-0.2, -0.15) is 13.2 Å². The predicted molar refractivity (Wildman–Crippen MR) is 137 cm³/mol. The summed E-state index contributed by atoms with van der Waals surface area (Å²) in [6, 6.07) is 15.2. The van der Waals surface area contributed by atoms with Crippen LogP contribution in [0.2, 0.25) is 0 Å². The average Bonchev–Trinajstić information content (AvgIpc) is 2.92. The first-order chi connectivity index (χ1) is 18.3. The Labute approximate surface area is 221 Å². The number of carbonyl (C=O) groups excluding carboxylic acids is 1. The summed E-state index contributed by atoms with van der Waals surface area (Å²) in [5.41, 5.74) is 1.14. The van der Waals surface area contributed by atoms with Crippen molar-refractivity contribution >= 4 is 5.91 Å². The smallest absolute Gasteiger partial charge is 0.416 e. The van der Waals surface area contributed by atoms with Crippen LogP contribution in [-0.2, 0) is 27.0 Å². The number of amides is 1. The van der Waals surface area contributed by atoms with Crippen molar-refractivity contribution in [1.82, 2.24) is 9.80 Å². The highest BCUT2D eigenvalue weighted by atomic mass is 19.4. The summed E-state index contributed by atoms with van der Waals surface area (Å²) in [7, 11) is 0. The van der Waals surface area contributed by atoms with E-state index in [9.17, 15) is 23.1 Å². The van der Waals surface area contributed by atoms with E-state index in [1.165, 1.54) is 17.7 Å². The van der Waals surface area contributed by atoms with Gasteiger partial charge in [-0.1, -0.05) is 42.5 Å². The molecule has 0 spiro atoms. The second-order valence-electron chi connectivity index (χ2n) is 9.70. The van der Waals surface area contributed by atoms with Gasteiger partial charge in [-0.05, 0) is 49.1 Å². The molecule has 2 aliphatic rings. The maximum Gasteiger partial charge on any atom is 0.416 e. The standard InChI is InChI=1S/C29H35F3N2O4/c1-2-37-28-24(9-6-18-35)25(22-10-12-23(13-11-22)29(30,31)32)19-26(38-28)27(36)34-16-14-33(15-17-34)20-21-7-4-3-5-8-21/h3-5,7-8,10-13,19,24-25,28,35H,2,6,9,14-18,20H2,1H3/t24-,25-,28-/m1/s1. The van der Waals surface area contributed by atoms with Crippen LogP contribution in [0.4, 0.5) is 13.2 Å². The maximum atomic E-state index is 13.5. The second-order valence-corrected chi connectivity index (χ2v) is 9.70. The van der Waals surface area contributed by atoms with Crippen molar-refractivity contribution in [3.05, 3.63) is 83.1 Å². The van der Waals surface area contributed by atoms with E-state index in [1.54, 1.807) is 11.0 Å². The van der Waals surface area contributed by atoms with E-state index < -0.39 is 23.9 Å². The van der Waals surface area contributed by atoms with Crippen LogP contribution in [0.5, 0.6) is 0 Å². The number of hydrogen-bond donors (Lipinski definition) is 1. The van der Waals surface area contributed by atoms with Crippen molar-refractivity contribution in [2.75, 3.05) is 39.4 Å². The molecule has 2 aromatic rings. The number of alkyl halides is 3. The normalized spacial score (nSPS) is 22.6. The summed E-state index contributed by atoms with van der Waals surface area (Å²) in [6.07, 6.45) is -2.45. The Kier molecular flexibility index (Phi) is 9.46. The summed E-state index contributed by atoms with van der Waals surface area (Å²) >= 11 is 0. The van der Waals surface area contributed by atoms with Gasteiger partial charge < -0.3 is 19.5 Å². The Hall–Kier alpha value is -2.88. The van der Waals surface area contributed by atoms with Crippen molar-refractivity contribution in [2.24, 2.45) is 5.92 Å². The lowest BCUT2D eigenvalue weighted by Gasteiger charge is -2.39. The van der Waals surface area contributed by atoms with Crippen LogP contribution in [0.1, 0.15) is 42.4 Å². The van der Waals surface area contributed by atoms with Gasteiger partial charge >= 0.3 is 6.18 Å². The first kappa shape index (κ1) is 28.1. The van der Waals surface area contributed by atoms with Gasteiger partial charge in [0.2, 0.25) is 6.29 Å². The quantitative estimate of drug-likeness (QED) is 0.503. The summed E-state index contributed by atoms with van der Waals surface area (Å²) in [5.74, 6) is -0.748. The lowest BCUT2D eigenvalue weighted by Crippen LogP contribution is -2.49. The van der Waals surface area contributed by atoms with Crippen LogP contribution in [0.3, 0.4) is 0 Å². The van der Waals surface area contributed by atoms with E-state index in [0.717, 1.165) is 31.8 Å². The number of halogens is 3. The molecule has 1 amide bonds. The topological polar surface area (TPSA) is 62.2 Å². The number of piperazine rings is 1. The van der Waals surface area contributed by atoms with Gasteiger partial charge in [0, 0.05) is 57.8 Å². The summed E-state index contributed by atoms with van der Waals surface area (Å²) < 4.78 is 51.4. The van der Waals surface area contributed by atoms with Crippen molar-refractivity contribution in [3.63, 3.8) is 0 Å².